The summed E-state index contributed by atoms with van der Waals surface area (Å²) in [5, 5.41) is 0. The van der Waals surface area contributed by atoms with Gasteiger partial charge < -0.3 is 5.73 Å². The van der Waals surface area contributed by atoms with Crippen LogP contribution in [-0.2, 0) is 6.54 Å². The summed E-state index contributed by atoms with van der Waals surface area (Å²) in [6.45, 7) is 7.29. The fourth-order valence-electron chi connectivity index (χ4n) is 3.57. The highest BCUT2D eigenvalue weighted by Gasteiger charge is 2.38. The maximum atomic E-state index is 6.19. The first-order valence-corrected chi connectivity index (χ1v) is 8.09. The highest BCUT2D eigenvalue weighted by Crippen LogP contribution is 2.37. The van der Waals surface area contributed by atoms with E-state index in [0.717, 1.165) is 31.2 Å². The Morgan fingerprint density at radius 1 is 1.30 bits per heavy atom. The summed E-state index contributed by atoms with van der Waals surface area (Å²) in [5.74, 6) is 0.906. The summed E-state index contributed by atoms with van der Waals surface area (Å²) in [4.78, 5) is 7.03. The summed E-state index contributed by atoms with van der Waals surface area (Å²) < 4.78 is 0. The highest BCUT2D eigenvalue weighted by atomic mass is 15.2. The van der Waals surface area contributed by atoms with E-state index < -0.39 is 0 Å². The van der Waals surface area contributed by atoms with Crippen molar-refractivity contribution in [1.29, 1.82) is 0 Å². The molecule has 0 saturated heterocycles. The van der Waals surface area contributed by atoms with Gasteiger partial charge in [-0.1, -0.05) is 26.3 Å². The zero-order valence-corrected chi connectivity index (χ0v) is 13.0. The van der Waals surface area contributed by atoms with E-state index in [1.165, 1.54) is 32.1 Å². The summed E-state index contributed by atoms with van der Waals surface area (Å²) in [6.07, 6.45) is 8.32. The lowest BCUT2D eigenvalue weighted by Crippen LogP contribution is -2.55. The fraction of sp³-hybridized carbons (Fsp3) is 0.706. The summed E-state index contributed by atoms with van der Waals surface area (Å²) in [5.41, 5.74) is 7.54. The number of rotatable bonds is 6. The lowest BCUT2D eigenvalue weighted by Gasteiger charge is -2.47. The molecule has 0 amide bonds. The first-order valence-electron chi connectivity index (χ1n) is 8.09. The first kappa shape index (κ1) is 15.5. The second-order valence-electron chi connectivity index (χ2n) is 6.12. The zero-order valence-electron chi connectivity index (χ0n) is 13.0. The van der Waals surface area contributed by atoms with E-state index in [0.29, 0.717) is 0 Å². The summed E-state index contributed by atoms with van der Waals surface area (Å²) in [7, 11) is 0. The second-order valence-corrected chi connectivity index (χ2v) is 6.12. The van der Waals surface area contributed by atoms with Crippen LogP contribution in [0.5, 0.6) is 0 Å². The van der Waals surface area contributed by atoms with E-state index in [1.54, 1.807) is 0 Å². The Kier molecular flexibility index (Phi) is 5.55. The van der Waals surface area contributed by atoms with Crippen LogP contribution in [-0.4, -0.2) is 28.5 Å². The molecule has 0 unspecified atom stereocenters. The molecule has 112 valence electrons. The second kappa shape index (κ2) is 7.19. The Morgan fingerprint density at radius 2 is 2.05 bits per heavy atom. The van der Waals surface area contributed by atoms with Crippen LogP contribution in [0.15, 0.2) is 24.4 Å². The number of aromatic nitrogens is 1. The molecule has 1 aromatic rings. The van der Waals surface area contributed by atoms with Crippen LogP contribution >= 0.6 is 0 Å². The van der Waals surface area contributed by atoms with E-state index in [2.05, 4.69) is 35.9 Å². The van der Waals surface area contributed by atoms with Gasteiger partial charge in [-0.2, -0.15) is 0 Å². The third-order valence-electron chi connectivity index (χ3n) is 5.12. The molecule has 0 radical (unpaired) electrons. The molecular weight excluding hydrogens is 246 g/mol. The Bertz CT molecular complexity index is 382. The lowest BCUT2D eigenvalue weighted by atomic mass is 9.74. The van der Waals surface area contributed by atoms with Gasteiger partial charge in [0.1, 0.15) is 0 Å². The van der Waals surface area contributed by atoms with Crippen molar-refractivity contribution >= 4 is 0 Å². The summed E-state index contributed by atoms with van der Waals surface area (Å²) in [6, 6.07) is 6.16. The third-order valence-corrected chi connectivity index (χ3v) is 5.12. The molecule has 0 atom stereocenters. The average Bonchev–Trinajstić information content (AvgIpc) is 2.53. The molecule has 0 bridgehead atoms. The van der Waals surface area contributed by atoms with E-state index >= 15 is 0 Å². The van der Waals surface area contributed by atoms with Gasteiger partial charge in [0.25, 0.3) is 0 Å². The van der Waals surface area contributed by atoms with Gasteiger partial charge in [-0.3, -0.25) is 9.88 Å². The molecule has 2 N–H and O–H groups in total. The standard InChI is InChI=1S/C17H29N3/c1-3-15-8-10-17(14-18,11-9-15)20(4-2)13-16-7-5-6-12-19-16/h5-7,12,15H,3-4,8-11,13-14,18H2,1-2H3. The van der Waals surface area contributed by atoms with Crippen LogP contribution in [0.4, 0.5) is 0 Å². The molecule has 0 spiro atoms. The minimum atomic E-state index is 0.192. The topological polar surface area (TPSA) is 42.1 Å². The number of nitrogens with two attached hydrogens (primary N) is 1. The molecule has 3 heteroatoms. The molecule has 1 saturated carbocycles. The Labute approximate surface area is 123 Å². The monoisotopic (exact) mass is 275 g/mol. The van der Waals surface area contributed by atoms with Gasteiger partial charge in [-0.15, -0.1) is 0 Å². The van der Waals surface area contributed by atoms with Crippen molar-refractivity contribution in [2.75, 3.05) is 13.1 Å². The molecular formula is C17H29N3. The Hall–Kier alpha value is -0.930. The maximum absolute atomic E-state index is 6.19. The van der Waals surface area contributed by atoms with Crippen LogP contribution in [0.3, 0.4) is 0 Å². The van der Waals surface area contributed by atoms with Crippen molar-refractivity contribution in [2.24, 2.45) is 11.7 Å². The van der Waals surface area contributed by atoms with Gasteiger partial charge in [0.05, 0.1) is 5.69 Å². The zero-order chi connectivity index (χ0) is 14.4. The predicted molar refractivity (Wildman–Crippen MR) is 84.4 cm³/mol. The lowest BCUT2D eigenvalue weighted by molar-refractivity contribution is 0.0383. The van der Waals surface area contributed by atoms with E-state index in [-0.39, 0.29) is 5.54 Å². The van der Waals surface area contributed by atoms with E-state index in [4.69, 9.17) is 5.73 Å². The van der Waals surface area contributed by atoms with Gasteiger partial charge >= 0.3 is 0 Å². The Balaban J connectivity index is 2.08. The number of likely N-dealkylation sites (N-methyl/N-ethyl adjacent to an activating group) is 1. The molecule has 2 rings (SSSR count). The molecule has 20 heavy (non-hydrogen) atoms. The normalized spacial score (nSPS) is 26.9. The predicted octanol–water partition coefficient (Wildman–Crippen LogP) is 3.20. The molecule has 1 aliphatic rings. The third kappa shape index (κ3) is 3.39. The first-order chi connectivity index (χ1) is 9.74. The fourth-order valence-corrected chi connectivity index (χ4v) is 3.57. The molecule has 1 aromatic heterocycles. The molecule has 0 aromatic carbocycles. The van der Waals surface area contributed by atoms with Crippen molar-refractivity contribution in [2.45, 2.75) is 58.0 Å². The minimum absolute atomic E-state index is 0.192. The van der Waals surface area contributed by atoms with Crippen LogP contribution in [0.25, 0.3) is 0 Å². The SMILES string of the molecule is CCC1CCC(CN)(N(CC)Cc2ccccn2)CC1. The van der Waals surface area contributed by atoms with Gasteiger partial charge in [0, 0.05) is 24.8 Å². The maximum Gasteiger partial charge on any atom is 0.0544 e. The van der Waals surface area contributed by atoms with Crippen molar-refractivity contribution in [1.82, 2.24) is 9.88 Å². The molecule has 1 heterocycles. The van der Waals surface area contributed by atoms with Crippen molar-refractivity contribution < 1.29 is 0 Å². The number of nitrogens with zero attached hydrogens (tertiary/aromatic N) is 2. The van der Waals surface area contributed by atoms with Crippen LogP contribution in [0.1, 0.15) is 51.6 Å². The largest absolute Gasteiger partial charge is 0.329 e. The molecule has 1 aliphatic carbocycles. The van der Waals surface area contributed by atoms with Crippen molar-refractivity contribution in [3.63, 3.8) is 0 Å². The van der Waals surface area contributed by atoms with Crippen LogP contribution in [0.2, 0.25) is 0 Å². The van der Waals surface area contributed by atoms with Gasteiger partial charge in [-0.25, -0.2) is 0 Å². The van der Waals surface area contributed by atoms with Crippen LogP contribution in [0, 0.1) is 5.92 Å². The van der Waals surface area contributed by atoms with E-state index in [9.17, 15) is 0 Å². The smallest absolute Gasteiger partial charge is 0.0544 e. The molecule has 1 fully saturated rings. The number of hydrogen-bond acceptors (Lipinski definition) is 3. The quantitative estimate of drug-likeness (QED) is 0.867. The average molecular weight is 275 g/mol. The van der Waals surface area contributed by atoms with Crippen molar-refractivity contribution in [3.8, 4) is 0 Å². The summed E-state index contributed by atoms with van der Waals surface area (Å²) >= 11 is 0. The molecule has 0 aliphatic heterocycles. The highest BCUT2D eigenvalue weighted by molar-refractivity contribution is 5.05. The number of pyridine rings is 1. The minimum Gasteiger partial charge on any atom is -0.329 e. The van der Waals surface area contributed by atoms with E-state index in [1.807, 2.05) is 12.3 Å². The van der Waals surface area contributed by atoms with Gasteiger partial charge in [-0.05, 0) is 50.3 Å². The van der Waals surface area contributed by atoms with Crippen LogP contribution < -0.4 is 5.73 Å². The molecule has 3 nitrogen and oxygen atoms in total. The number of hydrogen-bond donors (Lipinski definition) is 1. The van der Waals surface area contributed by atoms with Crippen molar-refractivity contribution in [3.05, 3.63) is 30.1 Å². The Morgan fingerprint density at radius 3 is 2.55 bits per heavy atom. The van der Waals surface area contributed by atoms with Gasteiger partial charge in [0.15, 0.2) is 0 Å². The van der Waals surface area contributed by atoms with Gasteiger partial charge in [0.2, 0.25) is 0 Å².